The van der Waals surface area contributed by atoms with E-state index >= 15 is 0 Å². The van der Waals surface area contributed by atoms with Crippen LogP contribution >= 0.6 is 23.1 Å². The summed E-state index contributed by atoms with van der Waals surface area (Å²) in [5.41, 5.74) is 0.469. The number of anilines is 1. The Morgan fingerprint density at radius 3 is 2.56 bits per heavy atom. The number of carbonyl (C=O) groups is 2. The molecule has 6 nitrogen and oxygen atoms in total. The molecule has 1 aliphatic carbocycles. The number of alkyl halides is 3. The second-order valence-electron chi connectivity index (χ2n) is 7.52. The van der Waals surface area contributed by atoms with Crippen molar-refractivity contribution in [1.29, 1.82) is 0 Å². The highest BCUT2D eigenvalue weighted by atomic mass is 32.2. The van der Waals surface area contributed by atoms with Crippen molar-refractivity contribution < 1.29 is 27.5 Å². The van der Waals surface area contributed by atoms with Gasteiger partial charge in [0.2, 0.25) is 5.91 Å². The third-order valence-corrected chi connectivity index (χ3v) is 6.82. The zero-order valence-corrected chi connectivity index (χ0v) is 19.4. The maximum atomic E-state index is 12.9. The number of hydrogen-bond donors (Lipinski definition) is 2. The molecule has 0 saturated heterocycles. The van der Waals surface area contributed by atoms with E-state index in [0.717, 1.165) is 30.5 Å². The normalized spacial score (nSPS) is 13.4. The average Bonchev–Trinajstić information content (AvgIpc) is 3.54. The van der Waals surface area contributed by atoms with E-state index in [0.29, 0.717) is 15.0 Å². The number of nitrogens with one attached hydrogen (secondary N) is 2. The number of amides is 2. The van der Waals surface area contributed by atoms with E-state index in [4.69, 9.17) is 4.74 Å². The van der Waals surface area contributed by atoms with Gasteiger partial charge in [-0.1, -0.05) is 59.5 Å². The molecule has 0 atom stereocenters. The summed E-state index contributed by atoms with van der Waals surface area (Å²) in [4.78, 5) is 29.1. The molecule has 11 heteroatoms. The molecule has 1 heterocycles. The predicted octanol–water partition coefficient (Wildman–Crippen LogP) is 5.22. The Labute approximate surface area is 201 Å². The first-order chi connectivity index (χ1) is 16.3. The van der Waals surface area contributed by atoms with Gasteiger partial charge in [-0.05, 0) is 31.0 Å². The first-order valence-electron chi connectivity index (χ1n) is 10.4. The largest absolute Gasteiger partial charge is 0.484 e. The number of thioether (sulfide) groups is 1. The Hall–Kier alpha value is -3.05. The number of rotatable bonds is 9. The van der Waals surface area contributed by atoms with Gasteiger partial charge in [-0.25, -0.2) is 4.98 Å². The van der Waals surface area contributed by atoms with E-state index in [1.54, 1.807) is 0 Å². The van der Waals surface area contributed by atoms with Gasteiger partial charge in [0.05, 0.1) is 11.3 Å². The molecule has 178 valence electrons. The first kappa shape index (κ1) is 24.1. The third kappa shape index (κ3) is 6.73. The molecule has 34 heavy (non-hydrogen) atoms. The van der Waals surface area contributed by atoms with Crippen LogP contribution in [0, 0.1) is 0 Å². The van der Waals surface area contributed by atoms with Gasteiger partial charge in [-0.15, -0.1) is 0 Å². The molecule has 2 N–H and O–H groups in total. The van der Waals surface area contributed by atoms with Crippen molar-refractivity contribution in [3.63, 3.8) is 0 Å². The number of carbonyl (C=O) groups excluding carboxylic acids is 2. The smallest absolute Gasteiger partial charge is 0.416 e. The summed E-state index contributed by atoms with van der Waals surface area (Å²) in [5.74, 6) is -0.453. The van der Waals surface area contributed by atoms with Crippen molar-refractivity contribution in [2.75, 3.05) is 17.7 Å². The van der Waals surface area contributed by atoms with Gasteiger partial charge in [0, 0.05) is 11.6 Å². The van der Waals surface area contributed by atoms with Crippen LogP contribution in [0.3, 0.4) is 0 Å². The van der Waals surface area contributed by atoms with E-state index in [9.17, 15) is 22.8 Å². The number of hydrogen-bond acceptors (Lipinski definition) is 6. The minimum absolute atomic E-state index is 0.0597. The van der Waals surface area contributed by atoms with Crippen molar-refractivity contribution >= 4 is 39.9 Å². The summed E-state index contributed by atoms with van der Waals surface area (Å²) in [6.07, 6.45) is -2.49. The SMILES string of the molecule is O=C(COc1cccc(C(F)(F)F)c1)Nc1sc(SCC(=O)NC2CC2)nc1-c1ccccc1. The van der Waals surface area contributed by atoms with Crippen LogP contribution in [0.1, 0.15) is 18.4 Å². The second kappa shape index (κ2) is 10.5. The molecule has 2 amide bonds. The molecule has 0 bridgehead atoms. The van der Waals surface area contributed by atoms with Crippen LogP contribution in [-0.2, 0) is 15.8 Å². The molecule has 1 aromatic heterocycles. The molecule has 0 aliphatic heterocycles. The minimum atomic E-state index is -4.50. The summed E-state index contributed by atoms with van der Waals surface area (Å²) in [7, 11) is 0. The number of aromatic nitrogens is 1. The van der Waals surface area contributed by atoms with Gasteiger partial charge in [0.1, 0.15) is 16.4 Å². The Morgan fingerprint density at radius 2 is 1.85 bits per heavy atom. The van der Waals surface area contributed by atoms with Crippen LogP contribution in [0.2, 0.25) is 0 Å². The van der Waals surface area contributed by atoms with Crippen molar-refractivity contribution in [1.82, 2.24) is 10.3 Å². The highest BCUT2D eigenvalue weighted by Crippen LogP contribution is 2.37. The molecule has 0 radical (unpaired) electrons. The van der Waals surface area contributed by atoms with Crippen molar-refractivity contribution in [3.05, 3.63) is 60.2 Å². The van der Waals surface area contributed by atoms with Gasteiger partial charge >= 0.3 is 6.18 Å². The number of halogens is 3. The molecule has 1 saturated carbocycles. The van der Waals surface area contributed by atoms with E-state index in [-0.39, 0.29) is 23.5 Å². The van der Waals surface area contributed by atoms with E-state index in [1.807, 2.05) is 30.3 Å². The maximum absolute atomic E-state index is 12.9. The van der Waals surface area contributed by atoms with Gasteiger partial charge in [0.25, 0.3) is 5.91 Å². The Bertz CT molecular complexity index is 1170. The standard InChI is InChI=1S/C23H20F3N3O3S2/c24-23(25,26)15-7-4-8-17(11-15)32-12-18(30)28-21-20(14-5-2-1-3-6-14)29-22(34-21)33-13-19(31)27-16-9-10-16/h1-8,11,16H,9-10,12-13H2,(H,27,31)(H,28,30). The molecule has 0 unspecified atom stereocenters. The number of thiazole rings is 1. The molecule has 1 fully saturated rings. The zero-order chi connectivity index (χ0) is 24.1. The topological polar surface area (TPSA) is 80.3 Å². The predicted molar refractivity (Wildman–Crippen MR) is 125 cm³/mol. The van der Waals surface area contributed by atoms with E-state index in [1.165, 1.54) is 35.2 Å². The Balaban J connectivity index is 1.42. The number of ether oxygens (including phenoxy) is 1. The monoisotopic (exact) mass is 507 g/mol. The summed E-state index contributed by atoms with van der Waals surface area (Å²) < 4.78 is 44.5. The van der Waals surface area contributed by atoms with Crippen LogP contribution in [0.4, 0.5) is 18.2 Å². The van der Waals surface area contributed by atoms with Crippen LogP contribution < -0.4 is 15.4 Å². The van der Waals surface area contributed by atoms with E-state index in [2.05, 4.69) is 15.6 Å². The maximum Gasteiger partial charge on any atom is 0.416 e. The molecule has 3 aromatic rings. The molecular formula is C23H20F3N3O3S2. The van der Waals surface area contributed by atoms with Crippen molar-refractivity contribution in [2.45, 2.75) is 29.4 Å². The van der Waals surface area contributed by atoms with Crippen LogP contribution in [0.25, 0.3) is 11.3 Å². The van der Waals surface area contributed by atoms with Gasteiger partial charge in [-0.3, -0.25) is 9.59 Å². The fourth-order valence-corrected chi connectivity index (χ4v) is 4.83. The molecular weight excluding hydrogens is 487 g/mol. The first-order valence-corrected chi connectivity index (χ1v) is 12.2. The van der Waals surface area contributed by atoms with Crippen molar-refractivity contribution in [2.24, 2.45) is 0 Å². The lowest BCUT2D eigenvalue weighted by atomic mass is 10.2. The van der Waals surface area contributed by atoms with Crippen LogP contribution in [0.5, 0.6) is 5.75 Å². The fourth-order valence-electron chi connectivity index (χ4n) is 2.94. The van der Waals surface area contributed by atoms with Gasteiger partial charge in [-0.2, -0.15) is 13.2 Å². The second-order valence-corrected chi connectivity index (χ2v) is 9.74. The molecule has 2 aromatic carbocycles. The Morgan fingerprint density at radius 1 is 1.09 bits per heavy atom. The quantitative estimate of drug-likeness (QED) is 0.389. The zero-order valence-electron chi connectivity index (χ0n) is 17.7. The summed E-state index contributed by atoms with van der Waals surface area (Å²) >= 11 is 2.50. The van der Waals surface area contributed by atoms with E-state index < -0.39 is 24.3 Å². The molecule has 1 aliphatic rings. The van der Waals surface area contributed by atoms with Crippen molar-refractivity contribution in [3.8, 4) is 17.0 Å². The summed E-state index contributed by atoms with van der Waals surface area (Å²) in [5, 5.41) is 6.11. The lowest BCUT2D eigenvalue weighted by molar-refractivity contribution is -0.137. The molecule has 0 spiro atoms. The molecule has 4 rings (SSSR count). The third-order valence-electron chi connectivity index (χ3n) is 4.71. The lowest BCUT2D eigenvalue weighted by Gasteiger charge is -2.10. The summed E-state index contributed by atoms with van der Waals surface area (Å²) in [6, 6.07) is 13.8. The number of nitrogens with zero attached hydrogens (tertiary/aromatic N) is 1. The lowest BCUT2D eigenvalue weighted by Crippen LogP contribution is -2.26. The van der Waals surface area contributed by atoms with Gasteiger partial charge < -0.3 is 15.4 Å². The summed E-state index contributed by atoms with van der Waals surface area (Å²) in [6.45, 7) is -0.473. The minimum Gasteiger partial charge on any atom is -0.484 e. The number of benzene rings is 2. The fraction of sp³-hybridized carbons (Fsp3) is 0.261. The van der Waals surface area contributed by atoms with Crippen LogP contribution in [-0.4, -0.2) is 35.2 Å². The highest BCUT2D eigenvalue weighted by molar-refractivity contribution is 8.01. The Kier molecular flexibility index (Phi) is 7.42. The van der Waals surface area contributed by atoms with Crippen LogP contribution in [0.15, 0.2) is 58.9 Å². The average molecular weight is 508 g/mol. The van der Waals surface area contributed by atoms with Gasteiger partial charge in [0.15, 0.2) is 10.9 Å². The highest BCUT2D eigenvalue weighted by Gasteiger charge is 2.30.